The number of nitrogens with one attached hydrogen (secondary N) is 4. The van der Waals surface area contributed by atoms with Gasteiger partial charge in [-0.25, -0.2) is 9.97 Å². The van der Waals surface area contributed by atoms with Crippen molar-refractivity contribution < 1.29 is 24.0 Å². The Kier molecular flexibility index (Phi) is 10.00. The zero-order valence-electron chi connectivity index (χ0n) is 24.0. The number of imidazole rings is 1. The monoisotopic (exact) mass is 545 g/mol. The van der Waals surface area contributed by atoms with Crippen molar-refractivity contribution in [2.45, 2.75) is 71.8 Å². The summed E-state index contributed by atoms with van der Waals surface area (Å²) in [7, 11) is 1.64. The molecule has 212 valence electrons. The van der Waals surface area contributed by atoms with Crippen molar-refractivity contribution in [2.75, 3.05) is 13.7 Å². The van der Waals surface area contributed by atoms with Crippen LogP contribution >= 0.6 is 0 Å². The minimum Gasteiger partial charge on any atom is -0.497 e. The highest BCUT2D eigenvalue weighted by Crippen LogP contribution is 2.28. The summed E-state index contributed by atoms with van der Waals surface area (Å²) in [6, 6.07) is 13.6. The molecule has 4 rings (SSSR count). The number of hydrogen-bond donors (Lipinski definition) is 3. The first-order valence-corrected chi connectivity index (χ1v) is 14.2. The molecule has 8 nitrogen and oxygen atoms in total. The van der Waals surface area contributed by atoms with Gasteiger partial charge in [0.1, 0.15) is 29.5 Å². The van der Waals surface area contributed by atoms with E-state index in [1.165, 1.54) is 0 Å². The van der Waals surface area contributed by atoms with Gasteiger partial charge in [0.05, 0.1) is 20.1 Å². The van der Waals surface area contributed by atoms with Crippen LogP contribution in [0.4, 0.5) is 0 Å². The van der Waals surface area contributed by atoms with E-state index in [1.54, 1.807) is 7.11 Å². The number of Topliss-reactive ketones (excluding diaryl/α,β-unsaturated/α-hetero) is 1. The van der Waals surface area contributed by atoms with Gasteiger partial charge in [0.25, 0.3) is 5.82 Å². The smallest absolute Gasteiger partial charge is 0.275 e. The van der Waals surface area contributed by atoms with Gasteiger partial charge in [0.2, 0.25) is 5.91 Å². The molecule has 0 spiro atoms. The maximum atomic E-state index is 13.4. The Balaban J connectivity index is 1.51. The maximum absolute atomic E-state index is 13.4. The molecule has 1 atom stereocenters. The lowest BCUT2D eigenvalue weighted by Gasteiger charge is -2.14. The zero-order chi connectivity index (χ0) is 28.5. The number of aryl methyl sites for hydroxylation is 1. The quantitative estimate of drug-likeness (QED) is 0.159. The van der Waals surface area contributed by atoms with Crippen LogP contribution < -0.4 is 19.8 Å². The van der Waals surface area contributed by atoms with Gasteiger partial charge in [-0.15, -0.1) is 0 Å². The van der Waals surface area contributed by atoms with Gasteiger partial charge in [0.15, 0.2) is 5.69 Å². The molecule has 2 aromatic heterocycles. The molecule has 4 aromatic rings. The number of carbonyl (C=O) groups excluding carboxylic acids is 2. The van der Waals surface area contributed by atoms with Crippen LogP contribution in [0.25, 0.3) is 22.2 Å². The Hall–Kier alpha value is -4.07. The van der Waals surface area contributed by atoms with E-state index in [9.17, 15) is 9.59 Å². The highest BCUT2D eigenvalue weighted by molar-refractivity contribution is 5.91. The Morgan fingerprint density at radius 3 is 2.65 bits per heavy atom. The first-order chi connectivity index (χ1) is 19.4. The average Bonchev–Trinajstić information content (AvgIpc) is 3.57. The zero-order valence-corrected chi connectivity index (χ0v) is 24.0. The number of unbranched alkanes of at least 4 members (excludes halogenated alkanes) is 2. The predicted octanol–water partition coefficient (Wildman–Crippen LogP) is 6.02. The number of rotatable bonds is 15. The lowest BCUT2D eigenvalue weighted by molar-refractivity contribution is -0.391. The molecule has 0 aliphatic carbocycles. The van der Waals surface area contributed by atoms with Crippen LogP contribution in [0.5, 0.6) is 11.5 Å². The fourth-order valence-electron chi connectivity index (χ4n) is 5.07. The third-order valence-electron chi connectivity index (χ3n) is 7.29. The Labute approximate surface area is 235 Å². The molecule has 0 bridgehead atoms. The molecule has 0 aliphatic heterocycles. The van der Waals surface area contributed by atoms with Crippen LogP contribution in [0.3, 0.4) is 0 Å². The molecule has 2 heterocycles. The van der Waals surface area contributed by atoms with Gasteiger partial charge in [-0.2, -0.15) is 0 Å². The minimum atomic E-state index is -0.224. The average molecular weight is 546 g/mol. The number of aromatic nitrogens is 3. The number of H-pyrrole nitrogens is 3. The SMILES string of the molecule is CCOc1cccc(-c2c[nH+]c([C@H](CCCCCC(=O)CC)NC(=O)Cc3c(C)[nH]c4ccc(OC)cc34)[nH]2)c1. The lowest BCUT2D eigenvalue weighted by atomic mass is 10.0. The number of methoxy groups -OCH3 is 1. The second kappa shape index (κ2) is 13.8. The van der Waals surface area contributed by atoms with Gasteiger partial charge in [-0.1, -0.05) is 31.9 Å². The van der Waals surface area contributed by atoms with Gasteiger partial charge in [-0.05, 0) is 62.6 Å². The van der Waals surface area contributed by atoms with Crippen LogP contribution in [0.1, 0.15) is 75.5 Å². The summed E-state index contributed by atoms with van der Waals surface area (Å²) in [4.78, 5) is 35.3. The standard InChI is InChI=1S/C32H40N4O4/c1-5-23(37)12-8-7-9-14-29(32-33-20-30(36-32)22-11-10-13-25(17-22)40-6-2)35-31(38)19-26-21(3)34-28-16-15-24(39-4)18-27(26)28/h10-11,13,15-18,20,29,34H,5-9,12,14,19H2,1-4H3,(H,33,36)(H,35,38)/p+1/t29-/m0/s1. The second-order valence-corrected chi connectivity index (χ2v) is 10.1. The van der Waals surface area contributed by atoms with Crippen LogP contribution in [0.15, 0.2) is 48.7 Å². The van der Waals surface area contributed by atoms with E-state index in [-0.39, 0.29) is 18.4 Å². The van der Waals surface area contributed by atoms with Gasteiger partial charge < -0.3 is 19.8 Å². The first kappa shape index (κ1) is 28.9. The molecule has 0 aliphatic rings. The molecule has 0 unspecified atom stereocenters. The minimum absolute atomic E-state index is 0.0547. The highest BCUT2D eigenvalue weighted by Gasteiger charge is 2.24. The number of ether oxygens (including phenoxy) is 2. The fourth-order valence-corrected chi connectivity index (χ4v) is 5.07. The largest absolute Gasteiger partial charge is 0.497 e. The molecule has 0 radical (unpaired) electrons. The van der Waals surface area contributed by atoms with Gasteiger partial charge in [-0.3, -0.25) is 9.59 Å². The van der Waals surface area contributed by atoms with Crippen LogP contribution in [0.2, 0.25) is 0 Å². The molecule has 1 amide bonds. The number of benzene rings is 2. The molecular formula is C32H41N4O4+. The maximum Gasteiger partial charge on any atom is 0.275 e. The topological polar surface area (TPSA) is 110 Å². The summed E-state index contributed by atoms with van der Waals surface area (Å²) in [5.74, 6) is 2.66. The Morgan fingerprint density at radius 1 is 1.02 bits per heavy atom. The molecule has 0 fully saturated rings. The summed E-state index contributed by atoms with van der Waals surface area (Å²) in [6.45, 7) is 6.47. The highest BCUT2D eigenvalue weighted by atomic mass is 16.5. The van der Waals surface area contributed by atoms with E-state index in [1.807, 2.05) is 69.4 Å². The normalized spacial score (nSPS) is 11.9. The van der Waals surface area contributed by atoms with Crippen molar-refractivity contribution >= 4 is 22.6 Å². The van der Waals surface area contributed by atoms with Gasteiger partial charge >= 0.3 is 0 Å². The molecular weight excluding hydrogens is 504 g/mol. The molecule has 40 heavy (non-hydrogen) atoms. The Bertz CT molecular complexity index is 1440. The number of hydrogen-bond acceptors (Lipinski definition) is 4. The van der Waals surface area contributed by atoms with Crippen molar-refractivity contribution in [1.82, 2.24) is 15.3 Å². The lowest BCUT2D eigenvalue weighted by Crippen LogP contribution is -2.33. The van der Waals surface area contributed by atoms with Crippen LogP contribution in [-0.4, -0.2) is 35.4 Å². The summed E-state index contributed by atoms with van der Waals surface area (Å²) >= 11 is 0. The number of aromatic amines is 3. The van der Waals surface area contributed by atoms with E-state index in [2.05, 4.69) is 20.3 Å². The van der Waals surface area contributed by atoms with Crippen LogP contribution in [-0.2, 0) is 16.0 Å². The van der Waals surface area contributed by atoms with Crippen molar-refractivity contribution in [1.29, 1.82) is 0 Å². The summed E-state index contributed by atoms with van der Waals surface area (Å²) in [6.07, 6.45) is 6.83. The summed E-state index contributed by atoms with van der Waals surface area (Å²) in [5, 5.41) is 4.25. The number of carbonyl (C=O) groups is 2. The van der Waals surface area contributed by atoms with E-state index in [4.69, 9.17) is 9.47 Å². The molecule has 2 aromatic carbocycles. The van der Waals surface area contributed by atoms with Crippen molar-refractivity contribution in [3.8, 4) is 22.8 Å². The fraction of sp³-hybridized carbons (Fsp3) is 0.406. The Morgan fingerprint density at radius 2 is 1.88 bits per heavy atom. The summed E-state index contributed by atoms with van der Waals surface area (Å²) in [5.41, 5.74) is 4.84. The summed E-state index contributed by atoms with van der Waals surface area (Å²) < 4.78 is 11.1. The van der Waals surface area contributed by atoms with Crippen LogP contribution in [0, 0.1) is 6.92 Å². The van der Waals surface area contributed by atoms with Gasteiger partial charge in [0, 0.05) is 35.0 Å². The number of ketones is 1. The number of fused-ring (bicyclic) bond motifs is 1. The molecule has 4 N–H and O–H groups in total. The van der Waals surface area contributed by atoms with E-state index in [0.29, 0.717) is 25.2 Å². The predicted molar refractivity (Wildman–Crippen MR) is 157 cm³/mol. The first-order valence-electron chi connectivity index (χ1n) is 14.2. The molecule has 0 saturated carbocycles. The second-order valence-electron chi connectivity index (χ2n) is 10.1. The molecule has 0 saturated heterocycles. The van der Waals surface area contributed by atoms with E-state index >= 15 is 0 Å². The van der Waals surface area contributed by atoms with Crippen molar-refractivity contribution in [2.24, 2.45) is 0 Å². The third-order valence-corrected chi connectivity index (χ3v) is 7.29. The van der Waals surface area contributed by atoms with E-state index < -0.39 is 0 Å². The van der Waals surface area contributed by atoms with E-state index in [0.717, 1.165) is 76.4 Å². The van der Waals surface area contributed by atoms with Crippen molar-refractivity contribution in [3.05, 3.63) is 65.7 Å². The number of amides is 1. The van der Waals surface area contributed by atoms with Crippen molar-refractivity contribution in [3.63, 3.8) is 0 Å². The third kappa shape index (κ3) is 7.31. The molecule has 8 heteroatoms.